The van der Waals surface area contributed by atoms with Gasteiger partial charge in [0.2, 0.25) is 5.92 Å². The summed E-state index contributed by atoms with van der Waals surface area (Å²) in [5.74, 6) is -5.17. The van der Waals surface area contributed by atoms with Gasteiger partial charge in [0.05, 0.1) is 5.69 Å². The zero-order valence-electron chi connectivity index (χ0n) is 13.8. The summed E-state index contributed by atoms with van der Waals surface area (Å²) in [7, 11) is 0. The van der Waals surface area contributed by atoms with Crippen LogP contribution in [-0.4, -0.2) is 33.0 Å². The molecule has 2 aliphatic rings. The molecule has 0 aromatic carbocycles. The van der Waals surface area contributed by atoms with E-state index in [0.29, 0.717) is 4.68 Å². The molecule has 0 bridgehead atoms. The highest BCUT2D eigenvalue weighted by molar-refractivity contribution is 5.88. The third-order valence-corrected chi connectivity index (χ3v) is 5.09. The van der Waals surface area contributed by atoms with E-state index in [1.807, 2.05) is 0 Å². The Morgan fingerprint density at radius 2 is 1.67 bits per heavy atom. The molecule has 1 aromatic heterocycles. The topological polar surface area (TPSA) is 55.1 Å². The highest BCUT2D eigenvalue weighted by atomic mass is 19.4. The quantitative estimate of drug-likeness (QED) is 0.742. The first-order valence-corrected chi connectivity index (χ1v) is 7.88. The van der Waals surface area contributed by atoms with Crippen LogP contribution in [0.3, 0.4) is 0 Å². The monoisotopic (exact) mass is 406 g/mol. The first kappa shape index (κ1) is 19.9. The van der Waals surface area contributed by atoms with Crippen LogP contribution in [0.2, 0.25) is 0 Å². The van der Waals surface area contributed by atoms with Gasteiger partial charge in [-0.1, -0.05) is 6.92 Å². The zero-order valence-corrected chi connectivity index (χ0v) is 13.8. The van der Waals surface area contributed by atoms with Crippen molar-refractivity contribution >= 4 is 5.97 Å². The molecule has 0 saturated heterocycles. The van der Waals surface area contributed by atoms with Crippen molar-refractivity contribution in [3.63, 3.8) is 0 Å². The van der Waals surface area contributed by atoms with E-state index in [9.17, 15) is 45.0 Å². The van der Waals surface area contributed by atoms with Gasteiger partial charge >= 0.3 is 18.3 Å². The molecular formula is C15H14F8N2O2. The predicted octanol–water partition coefficient (Wildman–Crippen LogP) is 4.63. The lowest BCUT2D eigenvalue weighted by Gasteiger charge is -2.44. The number of carboxylic acid groups (broad SMARTS) is 1. The minimum atomic E-state index is -5.40. The highest BCUT2D eigenvalue weighted by Gasteiger charge is 2.68. The lowest BCUT2D eigenvalue weighted by atomic mass is 9.67. The van der Waals surface area contributed by atoms with E-state index in [1.165, 1.54) is 6.92 Å². The molecule has 1 N–H and O–H groups in total. The van der Waals surface area contributed by atoms with Gasteiger partial charge in [-0.2, -0.15) is 31.4 Å². The summed E-state index contributed by atoms with van der Waals surface area (Å²) in [4.78, 5) is 11.4. The van der Waals surface area contributed by atoms with Crippen LogP contribution >= 0.6 is 0 Å². The fourth-order valence-electron chi connectivity index (χ4n) is 3.85. The molecule has 1 aromatic rings. The summed E-state index contributed by atoms with van der Waals surface area (Å²) in [5.41, 5.74) is -8.94. The van der Waals surface area contributed by atoms with Gasteiger partial charge in [0.25, 0.3) is 0 Å². The Labute approximate surface area is 147 Å². The second-order valence-corrected chi connectivity index (χ2v) is 7.63. The van der Waals surface area contributed by atoms with Gasteiger partial charge in [0.1, 0.15) is 11.0 Å². The minimum absolute atomic E-state index is 0.293. The molecule has 0 amide bonds. The molecule has 2 aliphatic carbocycles. The Kier molecular flexibility index (Phi) is 3.93. The number of alkyl halides is 8. The van der Waals surface area contributed by atoms with Gasteiger partial charge in [0.15, 0.2) is 5.69 Å². The summed E-state index contributed by atoms with van der Waals surface area (Å²) >= 11 is 0. The fourth-order valence-corrected chi connectivity index (χ4v) is 3.85. The molecular weight excluding hydrogens is 392 g/mol. The standard InChI is InChI=1S/C15H14F8N2O2/c1-11(4-13(16,17)5-11)6-25-8(10(26)27)7(14(18,19)20)9(24-25)12(2-3-12)15(21,22)23/h2-6H2,1H3,(H,26,27). The summed E-state index contributed by atoms with van der Waals surface area (Å²) in [6.45, 7) is 0.641. The minimum Gasteiger partial charge on any atom is -0.477 e. The summed E-state index contributed by atoms with van der Waals surface area (Å²) < 4.78 is 107. The van der Waals surface area contributed by atoms with E-state index < -0.39 is 84.3 Å². The van der Waals surface area contributed by atoms with Crippen molar-refractivity contribution in [3.05, 3.63) is 17.0 Å². The molecule has 0 atom stereocenters. The van der Waals surface area contributed by atoms with Crippen LogP contribution < -0.4 is 0 Å². The van der Waals surface area contributed by atoms with Gasteiger partial charge < -0.3 is 5.11 Å². The first-order valence-electron chi connectivity index (χ1n) is 7.88. The molecule has 152 valence electrons. The Morgan fingerprint density at radius 1 is 1.15 bits per heavy atom. The van der Waals surface area contributed by atoms with E-state index in [1.54, 1.807) is 0 Å². The van der Waals surface area contributed by atoms with Crippen LogP contribution in [0.4, 0.5) is 35.1 Å². The molecule has 0 spiro atoms. The molecule has 2 fully saturated rings. The Morgan fingerprint density at radius 3 is 2.00 bits per heavy atom. The molecule has 27 heavy (non-hydrogen) atoms. The maximum absolute atomic E-state index is 13.5. The Hall–Kier alpha value is -1.88. The van der Waals surface area contributed by atoms with Gasteiger partial charge in [0, 0.05) is 19.4 Å². The van der Waals surface area contributed by atoms with Gasteiger partial charge in [-0.3, -0.25) is 4.68 Å². The molecule has 1 heterocycles. The van der Waals surface area contributed by atoms with Crippen molar-refractivity contribution in [2.75, 3.05) is 0 Å². The van der Waals surface area contributed by atoms with Crippen molar-refractivity contribution in [1.29, 1.82) is 0 Å². The number of carbonyl (C=O) groups is 1. The molecule has 0 aliphatic heterocycles. The van der Waals surface area contributed by atoms with Crippen molar-refractivity contribution in [2.45, 2.75) is 62.8 Å². The lowest BCUT2D eigenvalue weighted by Crippen LogP contribution is -2.47. The number of hydrogen-bond donors (Lipinski definition) is 1. The van der Waals surface area contributed by atoms with Gasteiger partial charge in [-0.25, -0.2) is 13.6 Å². The third kappa shape index (κ3) is 3.16. The number of hydrogen-bond acceptors (Lipinski definition) is 2. The second kappa shape index (κ2) is 5.34. The molecule has 2 saturated carbocycles. The van der Waals surface area contributed by atoms with E-state index >= 15 is 0 Å². The van der Waals surface area contributed by atoms with Crippen molar-refractivity contribution < 1.29 is 45.0 Å². The average Bonchev–Trinajstić information content (AvgIpc) is 3.11. The summed E-state index contributed by atoms with van der Waals surface area (Å²) in [6.07, 6.45) is -13.2. The van der Waals surface area contributed by atoms with Crippen LogP contribution in [0.5, 0.6) is 0 Å². The molecule has 0 unspecified atom stereocenters. The zero-order chi connectivity index (χ0) is 20.6. The highest BCUT2D eigenvalue weighted by Crippen LogP contribution is 2.61. The van der Waals surface area contributed by atoms with Crippen LogP contribution in [-0.2, 0) is 18.1 Å². The smallest absolute Gasteiger partial charge is 0.420 e. The second-order valence-electron chi connectivity index (χ2n) is 7.63. The van der Waals surface area contributed by atoms with Crippen LogP contribution in [0.25, 0.3) is 0 Å². The van der Waals surface area contributed by atoms with Crippen LogP contribution in [0, 0.1) is 5.41 Å². The number of aromatic nitrogens is 2. The van der Waals surface area contributed by atoms with Gasteiger partial charge in [-0.15, -0.1) is 0 Å². The van der Waals surface area contributed by atoms with E-state index in [0.717, 1.165) is 0 Å². The SMILES string of the molecule is CC1(Cn2nc(C3(C(F)(F)F)CC3)c(C(F)(F)F)c2C(=O)O)CC(F)(F)C1. The number of halogens is 8. The average molecular weight is 406 g/mol. The number of nitrogens with zero attached hydrogens (tertiary/aromatic N) is 2. The number of aromatic carboxylic acids is 1. The Bertz CT molecular complexity index is 781. The molecule has 12 heteroatoms. The van der Waals surface area contributed by atoms with E-state index in [4.69, 9.17) is 0 Å². The molecule has 3 rings (SSSR count). The normalized spacial score (nSPS) is 23.0. The maximum atomic E-state index is 13.5. The fraction of sp³-hybridized carbons (Fsp3) is 0.733. The van der Waals surface area contributed by atoms with Crippen LogP contribution in [0.15, 0.2) is 0 Å². The van der Waals surface area contributed by atoms with Crippen molar-refractivity contribution in [2.24, 2.45) is 5.41 Å². The maximum Gasteiger partial charge on any atom is 0.420 e. The predicted molar refractivity (Wildman–Crippen MR) is 73.4 cm³/mol. The van der Waals surface area contributed by atoms with Crippen LogP contribution in [0.1, 0.15) is 54.4 Å². The molecule has 4 nitrogen and oxygen atoms in total. The molecule has 0 radical (unpaired) electrons. The van der Waals surface area contributed by atoms with E-state index in [2.05, 4.69) is 5.10 Å². The largest absolute Gasteiger partial charge is 0.477 e. The van der Waals surface area contributed by atoms with E-state index in [-0.39, 0.29) is 0 Å². The van der Waals surface area contributed by atoms with Crippen molar-refractivity contribution in [1.82, 2.24) is 9.78 Å². The van der Waals surface area contributed by atoms with Crippen molar-refractivity contribution in [3.8, 4) is 0 Å². The third-order valence-electron chi connectivity index (χ3n) is 5.09. The number of carboxylic acids is 1. The Balaban J connectivity index is 2.14. The summed E-state index contributed by atoms with van der Waals surface area (Å²) in [6, 6.07) is 0. The lowest BCUT2D eigenvalue weighted by molar-refractivity contribution is -0.166. The first-order chi connectivity index (χ1) is 12.0. The van der Waals surface area contributed by atoms with Gasteiger partial charge in [-0.05, 0) is 18.3 Å². The number of rotatable bonds is 4. The summed E-state index contributed by atoms with van der Waals surface area (Å²) in [5, 5.41) is 12.6.